The second kappa shape index (κ2) is 10.2. The Kier molecular flexibility index (Phi) is 7.69. The second-order valence-electron chi connectivity index (χ2n) is 5.88. The summed E-state index contributed by atoms with van der Waals surface area (Å²) >= 11 is 0. The van der Waals surface area contributed by atoms with Crippen LogP contribution in [0.15, 0.2) is 43.0 Å². The highest BCUT2D eigenvalue weighted by molar-refractivity contribution is 5.61. The molecule has 0 bridgehead atoms. The molecule has 0 aliphatic rings. The van der Waals surface area contributed by atoms with E-state index in [1.807, 2.05) is 25.4 Å². The van der Waals surface area contributed by atoms with Gasteiger partial charge in [0.1, 0.15) is 5.82 Å². The van der Waals surface area contributed by atoms with Crippen LogP contribution in [0.3, 0.4) is 0 Å². The van der Waals surface area contributed by atoms with Crippen LogP contribution in [0.5, 0.6) is 0 Å². The fourth-order valence-electron chi connectivity index (χ4n) is 2.42. The van der Waals surface area contributed by atoms with Gasteiger partial charge in [-0.1, -0.05) is 20.8 Å². The molecule has 0 aliphatic heterocycles. The number of aromatic nitrogens is 5. The normalized spacial score (nSPS) is 10.4. The van der Waals surface area contributed by atoms with E-state index in [2.05, 4.69) is 51.0 Å². The zero-order valence-corrected chi connectivity index (χ0v) is 16.4. The number of hydrogen-bond donors (Lipinski definition) is 2. The molecule has 3 aromatic rings. The standard InChI is InChI=1S/C13H13N7.C6H15N/c1-20-8-10(7-17-20)18-13-15-5-4-11(19-13)9-2-3-12(14)16-6-9;1-4-7(5-2)6-3/h2-8H,1H3,(H2,14,16)(H,15,18,19);4-6H2,1-3H3. The number of nitrogens with one attached hydrogen (secondary N) is 1. The summed E-state index contributed by atoms with van der Waals surface area (Å²) in [6, 6.07) is 5.44. The molecule has 0 radical (unpaired) electrons. The van der Waals surface area contributed by atoms with Crippen molar-refractivity contribution in [2.75, 3.05) is 30.7 Å². The van der Waals surface area contributed by atoms with Gasteiger partial charge < -0.3 is 16.0 Å². The monoisotopic (exact) mass is 368 g/mol. The van der Waals surface area contributed by atoms with Crippen molar-refractivity contribution in [1.29, 1.82) is 0 Å². The van der Waals surface area contributed by atoms with Crippen LogP contribution in [0.1, 0.15) is 20.8 Å². The Labute approximate surface area is 160 Å². The highest BCUT2D eigenvalue weighted by Gasteiger charge is 2.04. The number of nitrogens with zero attached hydrogens (tertiary/aromatic N) is 6. The third kappa shape index (κ3) is 6.34. The highest BCUT2D eigenvalue weighted by Crippen LogP contribution is 2.18. The minimum Gasteiger partial charge on any atom is -0.384 e. The summed E-state index contributed by atoms with van der Waals surface area (Å²) in [5, 5.41) is 7.17. The van der Waals surface area contributed by atoms with Crippen LogP contribution < -0.4 is 11.1 Å². The Bertz CT molecular complexity index is 803. The first-order valence-corrected chi connectivity index (χ1v) is 9.08. The summed E-state index contributed by atoms with van der Waals surface area (Å²) in [6.07, 6.45) is 6.94. The molecule has 0 saturated heterocycles. The summed E-state index contributed by atoms with van der Waals surface area (Å²) in [6.45, 7) is 10.1. The Morgan fingerprint density at radius 3 is 2.30 bits per heavy atom. The minimum atomic E-state index is 0.483. The summed E-state index contributed by atoms with van der Waals surface area (Å²) in [5.41, 5.74) is 8.07. The van der Waals surface area contributed by atoms with Gasteiger partial charge in [-0.05, 0) is 37.8 Å². The zero-order valence-electron chi connectivity index (χ0n) is 16.4. The molecule has 0 spiro atoms. The van der Waals surface area contributed by atoms with E-state index in [-0.39, 0.29) is 0 Å². The van der Waals surface area contributed by atoms with E-state index >= 15 is 0 Å². The Morgan fingerprint density at radius 1 is 1.04 bits per heavy atom. The average Bonchev–Trinajstić information content (AvgIpc) is 3.09. The van der Waals surface area contributed by atoms with Crippen molar-refractivity contribution in [1.82, 2.24) is 29.6 Å². The molecule has 0 aromatic carbocycles. The van der Waals surface area contributed by atoms with E-state index in [0.29, 0.717) is 11.8 Å². The maximum absolute atomic E-state index is 5.57. The summed E-state index contributed by atoms with van der Waals surface area (Å²) in [5.74, 6) is 0.990. The van der Waals surface area contributed by atoms with Crippen LogP contribution in [-0.2, 0) is 7.05 Å². The molecule has 3 heterocycles. The summed E-state index contributed by atoms with van der Waals surface area (Å²) in [7, 11) is 1.85. The van der Waals surface area contributed by atoms with Crippen molar-refractivity contribution in [3.8, 4) is 11.3 Å². The molecular weight excluding hydrogens is 340 g/mol. The highest BCUT2D eigenvalue weighted by atomic mass is 15.3. The maximum Gasteiger partial charge on any atom is 0.227 e. The SMILES string of the molecule is CCN(CC)CC.Cn1cc(Nc2nccc(-c3ccc(N)nc3)n2)cn1. The van der Waals surface area contributed by atoms with Gasteiger partial charge >= 0.3 is 0 Å². The van der Waals surface area contributed by atoms with E-state index in [4.69, 9.17) is 5.73 Å². The molecule has 3 N–H and O–H groups in total. The minimum absolute atomic E-state index is 0.483. The van der Waals surface area contributed by atoms with Crippen molar-refractivity contribution < 1.29 is 0 Å². The molecule has 0 unspecified atom stereocenters. The molecule has 0 fully saturated rings. The zero-order chi connectivity index (χ0) is 19.6. The van der Waals surface area contributed by atoms with Gasteiger partial charge in [0.15, 0.2) is 0 Å². The number of rotatable bonds is 6. The molecule has 0 atom stereocenters. The van der Waals surface area contributed by atoms with E-state index in [1.165, 1.54) is 19.6 Å². The molecule has 0 saturated carbocycles. The summed E-state index contributed by atoms with van der Waals surface area (Å²) < 4.78 is 1.70. The number of hydrogen-bond acceptors (Lipinski definition) is 7. The van der Waals surface area contributed by atoms with Crippen LogP contribution in [0.2, 0.25) is 0 Å². The fourth-order valence-corrected chi connectivity index (χ4v) is 2.42. The van der Waals surface area contributed by atoms with Gasteiger partial charge in [0, 0.05) is 31.2 Å². The topological polar surface area (TPSA) is 97.8 Å². The Morgan fingerprint density at radius 2 is 1.78 bits per heavy atom. The van der Waals surface area contributed by atoms with Crippen LogP contribution in [0, 0.1) is 0 Å². The molecule has 144 valence electrons. The lowest BCUT2D eigenvalue weighted by Crippen LogP contribution is -2.21. The van der Waals surface area contributed by atoms with Gasteiger partial charge in [-0.2, -0.15) is 5.10 Å². The Balaban J connectivity index is 0.000000321. The van der Waals surface area contributed by atoms with E-state index in [1.54, 1.807) is 29.3 Å². The molecule has 0 aliphatic carbocycles. The number of aryl methyl sites for hydroxylation is 1. The molecule has 27 heavy (non-hydrogen) atoms. The van der Waals surface area contributed by atoms with Crippen molar-refractivity contribution in [3.05, 3.63) is 43.0 Å². The second-order valence-corrected chi connectivity index (χ2v) is 5.88. The predicted octanol–water partition coefficient (Wildman–Crippen LogP) is 2.95. The first kappa shape index (κ1) is 20.3. The van der Waals surface area contributed by atoms with Gasteiger partial charge in [0.25, 0.3) is 0 Å². The number of anilines is 3. The van der Waals surface area contributed by atoms with Gasteiger partial charge in [-0.3, -0.25) is 4.68 Å². The third-order valence-electron chi connectivity index (χ3n) is 4.04. The molecule has 0 amide bonds. The van der Waals surface area contributed by atoms with Gasteiger partial charge in [-0.25, -0.2) is 15.0 Å². The quantitative estimate of drug-likeness (QED) is 0.690. The van der Waals surface area contributed by atoms with Crippen LogP contribution in [0.25, 0.3) is 11.3 Å². The molecule has 8 heteroatoms. The average molecular weight is 368 g/mol. The smallest absolute Gasteiger partial charge is 0.227 e. The lowest BCUT2D eigenvalue weighted by Gasteiger charge is -2.13. The maximum atomic E-state index is 5.57. The number of pyridine rings is 1. The predicted molar refractivity (Wildman–Crippen MR) is 110 cm³/mol. The van der Waals surface area contributed by atoms with Crippen molar-refractivity contribution >= 4 is 17.5 Å². The van der Waals surface area contributed by atoms with Gasteiger partial charge in [0.2, 0.25) is 5.95 Å². The summed E-state index contributed by atoms with van der Waals surface area (Å²) in [4.78, 5) is 15.1. The lowest BCUT2D eigenvalue weighted by molar-refractivity contribution is 0.321. The van der Waals surface area contributed by atoms with E-state index in [9.17, 15) is 0 Å². The van der Waals surface area contributed by atoms with E-state index in [0.717, 1.165) is 16.9 Å². The van der Waals surface area contributed by atoms with Gasteiger partial charge in [0.05, 0.1) is 17.6 Å². The third-order valence-corrected chi connectivity index (χ3v) is 4.04. The molecule has 3 aromatic heterocycles. The number of nitrogens with two attached hydrogens (primary N) is 1. The van der Waals surface area contributed by atoms with Crippen molar-refractivity contribution in [3.63, 3.8) is 0 Å². The Hall–Kier alpha value is -3.00. The lowest BCUT2D eigenvalue weighted by atomic mass is 10.2. The largest absolute Gasteiger partial charge is 0.384 e. The molecular formula is C19H28N8. The van der Waals surface area contributed by atoms with Crippen LogP contribution in [0.4, 0.5) is 17.5 Å². The fraction of sp³-hybridized carbons (Fsp3) is 0.368. The van der Waals surface area contributed by atoms with Gasteiger partial charge in [-0.15, -0.1) is 0 Å². The van der Waals surface area contributed by atoms with E-state index < -0.39 is 0 Å². The first-order valence-electron chi connectivity index (χ1n) is 9.08. The van der Waals surface area contributed by atoms with Crippen molar-refractivity contribution in [2.24, 2.45) is 7.05 Å². The van der Waals surface area contributed by atoms with Crippen LogP contribution >= 0.6 is 0 Å². The molecule has 8 nitrogen and oxygen atoms in total. The first-order chi connectivity index (χ1) is 13.0. The van der Waals surface area contributed by atoms with Crippen molar-refractivity contribution in [2.45, 2.75) is 20.8 Å². The molecule has 3 rings (SSSR count). The van der Waals surface area contributed by atoms with Crippen LogP contribution in [-0.4, -0.2) is 49.3 Å². The number of nitrogen functional groups attached to an aromatic ring is 1.